The molecular weight excluding hydrogens is 250 g/mol. The summed E-state index contributed by atoms with van der Waals surface area (Å²) in [5, 5.41) is 8.46. The molecule has 0 saturated heterocycles. The van der Waals surface area contributed by atoms with Crippen molar-refractivity contribution in [3.05, 3.63) is 46.6 Å². The number of hydrogen-bond donors (Lipinski definition) is 1. The largest absolute Gasteiger partial charge is 0.495 e. The third-order valence-electron chi connectivity index (χ3n) is 2.63. The van der Waals surface area contributed by atoms with Crippen LogP contribution in [0.25, 0.3) is 0 Å². The van der Waals surface area contributed by atoms with Crippen molar-refractivity contribution >= 4 is 17.4 Å². The maximum atomic E-state index is 6.06. The van der Waals surface area contributed by atoms with Crippen molar-refractivity contribution in [3.63, 3.8) is 0 Å². The normalized spacial score (nSPS) is 10.3. The molecular formula is C13H14ClN3O. The minimum Gasteiger partial charge on any atom is -0.495 e. The van der Waals surface area contributed by atoms with Crippen LogP contribution in [0.15, 0.2) is 30.3 Å². The van der Waals surface area contributed by atoms with Crippen LogP contribution in [0.4, 0.5) is 5.82 Å². The van der Waals surface area contributed by atoms with E-state index in [1.165, 1.54) is 0 Å². The van der Waals surface area contributed by atoms with E-state index in [-0.39, 0.29) is 0 Å². The van der Waals surface area contributed by atoms with E-state index in [0.29, 0.717) is 16.6 Å². The third kappa shape index (κ3) is 3.11. The zero-order valence-corrected chi connectivity index (χ0v) is 10.8. The average Bonchev–Trinajstić information content (AvgIpc) is 2.38. The smallest absolute Gasteiger partial charge is 0.146 e. The molecule has 5 heteroatoms. The zero-order chi connectivity index (χ0) is 13.0. The van der Waals surface area contributed by atoms with Crippen molar-refractivity contribution in [2.45, 2.75) is 12.8 Å². The fourth-order valence-corrected chi connectivity index (χ4v) is 1.92. The highest BCUT2D eigenvalue weighted by atomic mass is 35.5. The third-order valence-corrected chi connectivity index (χ3v) is 2.92. The predicted molar refractivity (Wildman–Crippen MR) is 71.9 cm³/mol. The van der Waals surface area contributed by atoms with Gasteiger partial charge in [0.1, 0.15) is 11.6 Å². The molecule has 0 fully saturated rings. The van der Waals surface area contributed by atoms with Crippen LogP contribution in [-0.4, -0.2) is 17.3 Å². The number of anilines is 1. The van der Waals surface area contributed by atoms with E-state index in [1.54, 1.807) is 13.2 Å². The van der Waals surface area contributed by atoms with Crippen LogP contribution in [0.3, 0.4) is 0 Å². The molecule has 0 unspecified atom stereocenters. The number of aryl methyl sites for hydroxylation is 2. The summed E-state index contributed by atoms with van der Waals surface area (Å²) in [6, 6.07) is 9.41. The van der Waals surface area contributed by atoms with Crippen LogP contribution in [-0.2, 0) is 12.8 Å². The molecule has 0 aliphatic heterocycles. The molecule has 1 aromatic heterocycles. The lowest BCUT2D eigenvalue weighted by molar-refractivity contribution is 0.415. The summed E-state index contributed by atoms with van der Waals surface area (Å²) in [4.78, 5) is 0. The van der Waals surface area contributed by atoms with E-state index in [1.807, 2.05) is 24.3 Å². The number of nitrogens with zero attached hydrogens (tertiary/aromatic N) is 2. The van der Waals surface area contributed by atoms with Gasteiger partial charge in [0.25, 0.3) is 0 Å². The molecule has 0 aliphatic carbocycles. The van der Waals surface area contributed by atoms with Crippen LogP contribution < -0.4 is 10.5 Å². The molecule has 0 bridgehead atoms. The first-order chi connectivity index (χ1) is 8.69. The van der Waals surface area contributed by atoms with E-state index in [2.05, 4.69) is 10.2 Å². The molecule has 0 amide bonds. The van der Waals surface area contributed by atoms with E-state index >= 15 is 0 Å². The van der Waals surface area contributed by atoms with E-state index in [4.69, 9.17) is 22.1 Å². The van der Waals surface area contributed by atoms with Crippen LogP contribution in [0.2, 0.25) is 5.02 Å². The summed E-state index contributed by atoms with van der Waals surface area (Å²) in [5.41, 5.74) is 7.53. The minimum absolute atomic E-state index is 0.436. The molecule has 0 aliphatic rings. The van der Waals surface area contributed by atoms with Gasteiger partial charge in [0, 0.05) is 0 Å². The number of rotatable bonds is 4. The van der Waals surface area contributed by atoms with E-state index in [9.17, 15) is 0 Å². The van der Waals surface area contributed by atoms with Gasteiger partial charge in [-0.2, -0.15) is 5.10 Å². The SMILES string of the molecule is COc1ccc(CCc2ccc(N)nn2)cc1Cl. The van der Waals surface area contributed by atoms with Crippen LogP contribution >= 0.6 is 11.6 Å². The molecule has 1 heterocycles. The van der Waals surface area contributed by atoms with Gasteiger partial charge in [-0.3, -0.25) is 0 Å². The first-order valence-electron chi connectivity index (χ1n) is 5.59. The fraction of sp³-hybridized carbons (Fsp3) is 0.231. The Hall–Kier alpha value is -1.81. The maximum absolute atomic E-state index is 6.06. The maximum Gasteiger partial charge on any atom is 0.146 e. The Morgan fingerprint density at radius 1 is 1.17 bits per heavy atom. The molecule has 0 saturated carbocycles. The van der Waals surface area contributed by atoms with Gasteiger partial charge < -0.3 is 10.5 Å². The second-order valence-electron chi connectivity index (χ2n) is 3.92. The topological polar surface area (TPSA) is 61.0 Å². The standard InChI is InChI=1S/C13H14ClN3O/c1-18-12-6-3-9(8-11(12)14)2-4-10-5-7-13(15)17-16-10/h3,5-8H,2,4H2,1H3,(H2,15,17). The van der Waals surface area contributed by atoms with E-state index in [0.717, 1.165) is 24.1 Å². The second kappa shape index (κ2) is 5.69. The molecule has 0 radical (unpaired) electrons. The molecule has 1 aromatic carbocycles. The lowest BCUT2D eigenvalue weighted by Crippen LogP contribution is -1.99. The Morgan fingerprint density at radius 2 is 2.00 bits per heavy atom. The monoisotopic (exact) mass is 263 g/mol. The zero-order valence-electron chi connectivity index (χ0n) is 10.1. The summed E-state index contributed by atoms with van der Waals surface area (Å²) in [5.74, 6) is 1.12. The molecule has 2 aromatic rings. The number of nitrogen functional groups attached to an aromatic ring is 1. The molecule has 2 rings (SSSR count). The molecule has 94 valence electrons. The van der Waals surface area contributed by atoms with Gasteiger partial charge in [-0.1, -0.05) is 17.7 Å². The summed E-state index contributed by atoms with van der Waals surface area (Å²) >= 11 is 6.06. The van der Waals surface area contributed by atoms with E-state index < -0.39 is 0 Å². The first-order valence-corrected chi connectivity index (χ1v) is 5.97. The Bertz CT molecular complexity index is 528. The Balaban J connectivity index is 2.02. The highest BCUT2D eigenvalue weighted by molar-refractivity contribution is 6.32. The Kier molecular flexibility index (Phi) is 3.99. The lowest BCUT2D eigenvalue weighted by atomic mass is 10.1. The van der Waals surface area contributed by atoms with Gasteiger partial charge in [0.05, 0.1) is 17.8 Å². The van der Waals surface area contributed by atoms with Crippen LogP contribution in [0, 0.1) is 0 Å². The highest BCUT2D eigenvalue weighted by Crippen LogP contribution is 2.25. The van der Waals surface area contributed by atoms with Crippen molar-refractivity contribution in [1.29, 1.82) is 0 Å². The van der Waals surface area contributed by atoms with Crippen molar-refractivity contribution in [2.75, 3.05) is 12.8 Å². The molecule has 0 atom stereocenters. The lowest BCUT2D eigenvalue weighted by Gasteiger charge is -2.06. The summed E-state index contributed by atoms with van der Waals surface area (Å²) in [6.45, 7) is 0. The quantitative estimate of drug-likeness (QED) is 0.921. The van der Waals surface area contributed by atoms with Gasteiger partial charge in [0.2, 0.25) is 0 Å². The number of ether oxygens (including phenoxy) is 1. The number of nitrogens with two attached hydrogens (primary N) is 1. The second-order valence-corrected chi connectivity index (χ2v) is 4.33. The van der Waals surface area contributed by atoms with Crippen molar-refractivity contribution in [2.24, 2.45) is 0 Å². The van der Waals surface area contributed by atoms with Gasteiger partial charge in [0.15, 0.2) is 0 Å². The van der Waals surface area contributed by atoms with Gasteiger partial charge in [-0.05, 0) is 42.7 Å². The predicted octanol–water partition coefficient (Wildman–Crippen LogP) is 2.51. The summed E-state index contributed by atoms with van der Waals surface area (Å²) in [7, 11) is 1.60. The first kappa shape index (κ1) is 12.6. The highest BCUT2D eigenvalue weighted by Gasteiger charge is 2.03. The van der Waals surface area contributed by atoms with Crippen LogP contribution in [0.1, 0.15) is 11.3 Å². The number of hydrogen-bond acceptors (Lipinski definition) is 4. The number of methoxy groups -OCH3 is 1. The van der Waals surface area contributed by atoms with Crippen molar-refractivity contribution < 1.29 is 4.74 Å². The molecule has 0 spiro atoms. The van der Waals surface area contributed by atoms with Gasteiger partial charge in [-0.15, -0.1) is 5.10 Å². The van der Waals surface area contributed by atoms with Gasteiger partial charge in [-0.25, -0.2) is 0 Å². The molecule has 18 heavy (non-hydrogen) atoms. The van der Waals surface area contributed by atoms with Crippen LogP contribution in [0.5, 0.6) is 5.75 Å². The number of benzene rings is 1. The Morgan fingerprint density at radius 3 is 2.61 bits per heavy atom. The average molecular weight is 264 g/mol. The number of aromatic nitrogens is 2. The minimum atomic E-state index is 0.436. The van der Waals surface area contributed by atoms with Crippen molar-refractivity contribution in [3.8, 4) is 5.75 Å². The van der Waals surface area contributed by atoms with Gasteiger partial charge >= 0.3 is 0 Å². The van der Waals surface area contributed by atoms with Crippen molar-refractivity contribution in [1.82, 2.24) is 10.2 Å². The number of halogens is 1. The summed E-state index contributed by atoms with van der Waals surface area (Å²) in [6.07, 6.45) is 1.65. The summed E-state index contributed by atoms with van der Waals surface area (Å²) < 4.78 is 5.11. The Labute approximate surface area is 111 Å². The fourth-order valence-electron chi connectivity index (χ4n) is 1.64. The molecule has 2 N–H and O–H groups in total. The molecule has 4 nitrogen and oxygen atoms in total.